The van der Waals surface area contributed by atoms with Crippen LogP contribution in [0.4, 0.5) is 10.1 Å². The molecule has 2 N–H and O–H groups in total. The number of rotatable bonds is 5. The Kier molecular flexibility index (Phi) is 4.78. The van der Waals surface area contributed by atoms with Crippen LogP contribution in [0.3, 0.4) is 0 Å². The van der Waals surface area contributed by atoms with Crippen LogP contribution in [-0.2, 0) is 4.74 Å². The van der Waals surface area contributed by atoms with E-state index in [9.17, 15) is 4.39 Å². The third kappa shape index (κ3) is 3.58. The SMILES string of the molecule is CCOc1ccc(NCC2COCCN2)cc1F. The van der Waals surface area contributed by atoms with Crippen molar-refractivity contribution in [3.8, 4) is 5.75 Å². The smallest absolute Gasteiger partial charge is 0.167 e. The van der Waals surface area contributed by atoms with E-state index >= 15 is 0 Å². The second-order valence-corrected chi connectivity index (χ2v) is 4.19. The van der Waals surface area contributed by atoms with E-state index in [0.717, 1.165) is 18.8 Å². The molecule has 0 amide bonds. The predicted octanol–water partition coefficient (Wildman–Crippen LogP) is 1.62. The lowest BCUT2D eigenvalue weighted by Crippen LogP contribution is -2.45. The third-order valence-electron chi connectivity index (χ3n) is 2.78. The van der Waals surface area contributed by atoms with E-state index in [1.54, 1.807) is 6.07 Å². The lowest BCUT2D eigenvalue weighted by atomic mass is 10.2. The molecule has 1 aromatic rings. The lowest BCUT2D eigenvalue weighted by molar-refractivity contribution is 0.0806. The molecule has 4 nitrogen and oxygen atoms in total. The molecule has 1 aliphatic rings. The maximum atomic E-state index is 13.6. The van der Waals surface area contributed by atoms with Crippen molar-refractivity contribution in [1.82, 2.24) is 5.32 Å². The Bertz CT molecular complexity index is 381. The van der Waals surface area contributed by atoms with Crippen LogP contribution in [0.25, 0.3) is 0 Å². The standard InChI is InChI=1S/C13H19FN2O2/c1-2-18-13-4-3-10(7-12(13)14)16-8-11-9-17-6-5-15-11/h3-4,7,11,15-16H,2,5-6,8-9H2,1H3. The summed E-state index contributed by atoms with van der Waals surface area (Å²) in [5, 5.41) is 6.52. The van der Waals surface area contributed by atoms with Gasteiger partial charge in [0, 0.05) is 30.9 Å². The first-order valence-electron chi connectivity index (χ1n) is 6.27. The minimum absolute atomic E-state index is 0.272. The molecule has 18 heavy (non-hydrogen) atoms. The van der Waals surface area contributed by atoms with E-state index in [-0.39, 0.29) is 11.9 Å². The molecular weight excluding hydrogens is 235 g/mol. The van der Waals surface area contributed by atoms with Gasteiger partial charge in [-0.3, -0.25) is 0 Å². The van der Waals surface area contributed by atoms with Crippen LogP contribution < -0.4 is 15.4 Å². The minimum atomic E-state index is -0.338. The average molecular weight is 254 g/mol. The number of benzene rings is 1. The first-order chi connectivity index (χ1) is 8.79. The van der Waals surface area contributed by atoms with Crippen molar-refractivity contribution in [3.05, 3.63) is 24.0 Å². The van der Waals surface area contributed by atoms with Crippen molar-refractivity contribution < 1.29 is 13.9 Å². The highest BCUT2D eigenvalue weighted by molar-refractivity contribution is 5.47. The van der Waals surface area contributed by atoms with E-state index in [4.69, 9.17) is 9.47 Å². The van der Waals surface area contributed by atoms with E-state index in [0.29, 0.717) is 25.5 Å². The predicted molar refractivity (Wildman–Crippen MR) is 68.7 cm³/mol. The number of hydrogen-bond donors (Lipinski definition) is 2. The highest BCUT2D eigenvalue weighted by atomic mass is 19.1. The van der Waals surface area contributed by atoms with Crippen LogP contribution in [-0.4, -0.2) is 39.0 Å². The average Bonchev–Trinajstić information content (AvgIpc) is 2.41. The summed E-state index contributed by atoms with van der Waals surface area (Å²) in [4.78, 5) is 0. The Balaban J connectivity index is 1.87. The summed E-state index contributed by atoms with van der Waals surface area (Å²) < 4.78 is 24.1. The second kappa shape index (κ2) is 6.56. The fraction of sp³-hybridized carbons (Fsp3) is 0.538. The highest BCUT2D eigenvalue weighted by Gasteiger charge is 2.12. The largest absolute Gasteiger partial charge is 0.491 e. The Hall–Kier alpha value is -1.33. The van der Waals surface area contributed by atoms with Gasteiger partial charge in [0.15, 0.2) is 11.6 Å². The summed E-state index contributed by atoms with van der Waals surface area (Å²) in [7, 11) is 0. The molecule has 0 aromatic heterocycles. The Morgan fingerprint density at radius 1 is 1.56 bits per heavy atom. The van der Waals surface area contributed by atoms with Crippen molar-refractivity contribution in [3.63, 3.8) is 0 Å². The van der Waals surface area contributed by atoms with E-state index in [2.05, 4.69) is 10.6 Å². The monoisotopic (exact) mass is 254 g/mol. The van der Waals surface area contributed by atoms with Crippen LogP contribution in [0, 0.1) is 5.82 Å². The fourth-order valence-corrected chi connectivity index (χ4v) is 1.88. The summed E-state index contributed by atoms with van der Waals surface area (Å²) >= 11 is 0. The minimum Gasteiger partial charge on any atom is -0.491 e. The van der Waals surface area contributed by atoms with Gasteiger partial charge in [0.25, 0.3) is 0 Å². The van der Waals surface area contributed by atoms with Gasteiger partial charge in [0.1, 0.15) is 0 Å². The fourth-order valence-electron chi connectivity index (χ4n) is 1.88. The van der Waals surface area contributed by atoms with E-state index < -0.39 is 0 Å². The lowest BCUT2D eigenvalue weighted by Gasteiger charge is -2.24. The Morgan fingerprint density at radius 3 is 3.11 bits per heavy atom. The van der Waals surface area contributed by atoms with Crippen molar-refractivity contribution in [2.75, 3.05) is 38.2 Å². The zero-order valence-corrected chi connectivity index (χ0v) is 10.5. The molecular formula is C13H19FN2O2. The van der Waals surface area contributed by atoms with Gasteiger partial charge in [-0.1, -0.05) is 0 Å². The zero-order chi connectivity index (χ0) is 12.8. The molecule has 0 aliphatic carbocycles. The van der Waals surface area contributed by atoms with Gasteiger partial charge in [-0.2, -0.15) is 0 Å². The van der Waals surface area contributed by atoms with Crippen LogP contribution in [0.15, 0.2) is 18.2 Å². The topological polar surface area (TPSA) is 42.5 Å². The number of anilines is 1. The van der Waals surface area contributed by atoms with Crippen LogP contribution in [0.5, 0.6) is 5.75 Å². The number of hydrogen-bond acceptors (Lipinski definition) is 4. The molecule has 0 bridgehead atoms. The summed E-state index contributed by atoms with van der Waals surface area (Å²) in [6.07, 6.45) is 0. The quantitative estimate of drug-likeness (QED) is 0.838. The first-order valence-corrected chi connectivity index (χ1v) is 6.27. The van der Waals surface area contributed by atoms with Crippen LogP contribution >= 0.6 is 0 Å². The number of halogens is 1. The molecule has 1 aromatic carbocycles. The molecule has 0 saturated carbocycles. The molecule has 5 heteroatoms. The molecule has 1 heterocycles. The molecule has 0 radical (unpaired) electrons. The summed E-state index contributed by atoms with van der Waals surface area (Å²) in [6.45, 7) is 5.32. The highest BCUT2D eigenvalue weighted by Crippen LogP contribution is 2.21. The maximum absolute atomic E-state index is 13.6. The van der Waals surface area contributed by atoms with E-state index in [1.165, 1.54) is 6.07 Å². The molecule has 1 saturated heterocycles. The number of morpholine rings is 1. The summed E-state index contributed by atoms with van der Waals surface area (Å²) in [5.41, 5.74) is 0.753. The molecule has 1 atom stereocenters. The normalized spacial score (nSPS) is 19.6. The molecule has 1 fully saturated rings. The molecule has 1 aliphatic heterocycles. The molecule has 0 spiro atoms. The van der Waals surface area contributed by atoms with Gasteiger partial charge < -0.3 is 20.1 Å². The van der Waals surface area contributed by atoms with Crippen molar-refractivity contribution in [2.45, 2.75) is 13.0 Å². The molecule has 100 valence electrons. The van der Waals surface area contributed by atoms with Gasteiger partial charge in [-0.15, -0.1) is 0 Å². The van der Waals surface area contributed by atoms with Gasteiger partial charge in [-0.05, 0) is 19.1 Å². The first kappa shape index (κ1) is 13.1. The number of ether oxygens (including phenoxy) is 2. The van der Waals surface area contributed by atoms with Crippen LogP contribution in [0.2, 0.25) is 0 Å². The van der Waals surface area contributed by atoms with Crippen molar-refractivity contribution in [1.29, 1.82) is 0 Å². The molecule has 1 unspecified atom stereocenters. The van der Waals surface area contributed by atoms with Crippen LogP contribution in [0.1, 0.15) is 6.92 Å². The van der Waals surface area contributed by atoms with Gasteiger partial charge >= 0.3 is 0 Å². The van der Waals surface area contributed by atoms with Gasteiger partial charge in [0.2, 0.25) is 0 Å². The Morgan fingerprint density at radius 2 is 2.44 bits per heavy atom. The summed E-state index contributed by atoms with van der Waals surface area (Å²) in [6, 6.07) is 5.19. The van der Waals surface area contributed by atoms with Gasteiger partial charge in [0.05, 0.1) is 19.8 Å². The zero-order valence-electron chi connectivity index (χ0n) is 10.5. The Labute approximate surface area is 106 Å². The maximum Gasteiger partial charge on any atom is 0.167 e. The van der Waals surface area contributed by atoms with Crippen molar-refractivity contribution in [2.24, 2.45) is 0 Å². The number of nitrogens with one attached hydrogen (secondary N) is 2. The van der Waals surface area contributed by atoms with E-state index in [1.807, 2.05) is 13.0 Å². The molecule has 2 rings (SSSR count). The van der Waals surface area contributed by atoms with Gasteiger partial charge in [-0.25, -0.2) is 4.39 Å². The third-order valence-corrected chi connectivity index (χ3v) is 2.78. The summed E-state index contributed by atoms with van der Waals surface area (Å²) in [5.74, 6) is -0.0446. The van der Waals surface area contributed by atoms with Crippen molar-refractivity contribution >= 4 is 5.69 Å². The second-order valence-electron chi connectivity index (χ2n) is 4.19.